The van der Waals surface area contributed by atoms with Crippen LogP contribution < -0.4 is 5.56 Å². The van der Waals surface area contributed by atoms with Crippen molar-refractivity contribution in [1.82, 2.24) is 18.9 Å². The lowest BCUT2D eigenvalue weighted by Gasteiger charge is -2.13. The lowest BCUT2D eigenvalue weighted by Crippen LogP contribution is -2.29. The second-order valence-electron chi connectivity index (χ2n) is 6.76. The van der Waals surface area contributed by atoms with E-state index in [1.807, 2.05) is 19.9 Å². The molecule has 1 aliphatic rings. The molecule has 1 atom stereocenters. The zero-order valence-electron chi connectivity index (χ0n) is 14.9. The first-order valence-electron chi connectivity index (χ1n) is 8.48. The summed E-state index contributed by atoms with van der Waals surface area (Å²) in [6.07, 6.45) is 3.40. The maximum atomic E-state index is 12.7. The average molecular weight is 356 g/mol. The summed E-state index contributed by atoms with van der Waals surface area (Å²) < 4.78 is 8.66. The number of likely N-dealkylation sites (tertiary alicyclic amines) is 1. The summed E-state index contributed by atoms with van der Waals surface area (Å²) in [5, 5.41) is 9.62. The number of aryl methyl sites for hydroxylation is 2. The lowest BCUT2D eigenvalue weighted by molar-refractivity contribution is 0.0760. The van der Waals surface area contributed by atoms with Crippen LogP contribution in [0.3, 0.4) is 0 Å². The molecule has 4 heterocycles. The molecule has 26 heavy (non-hydrogen) atoms. The summed E-state index contributed by atoms with van der Waals surface area (Å²) >= 11 is 0. The van der Waals surface area contributed by atoms with Gasteiger partial charge in [-0.05, 0) is 26.3 Å². The van der Waals surface area contributed by atoms with Crippen LogP contribution in [0.5, 0.6) is 0 Å². The highest BCUT2D eigenvalue weighted by atomic mass is 16.3. The van der Waals surface area contributed by atoms with Gasteiger partial charge in [0.25, 0.3) is 11.5 Å². The summed E-state index contributed by atoms with van der Waals surface area (Å²) in [6, 6.07) is 1.88. The van der Waals surface area contributed by atoms with Gasteiger partial charge < -0.3 is 19.0 Å². The number of aromatic nitrogens is 3. The first-order chi connectivity index (χ1) is 12.3. The number of β-amino-alcohol motifs (C(OH)–C–C–N with tert-alkyl or cyclic N) is 1. The molecule has 1 amide bonds. The summed E-state index contributed by atoms with van der Waals surface area (Å²) in [6.45, 7) is 4.48. The number of amides is 1. The van der Waals surface area contributed by atoms with Gasteiger partial charge in [-0.2, -0.15) is 0 Å². The minimum atomic E-state index is -0.497. The van der Waals surface area contributed by atoms with Gasteiger partial charge in [-0.15, -0.1) is 0 Å². The molecule has 0 bridgehead atoms. The molecule has 1 aliphatic heterocycles. The van der Waals surface area contributed by atoms with Gasteiger partial charge in [-0.3, -0.25) is 14.0 Å². The predicted octanol–water partition coefficient (Wildman–Crippen LogP) is 1.12. The number of aliphatic hydroxyl groups is 1. The highest BCUT2D eigenvalue weighted by Gasteiger charge is 2.27. The van der Waals surface area contributed by atoms with Gasteiger partial charge in [0.1, 0.15) is 17.2 Å². The fourth-order valence-electron chi connectivity index (χ4n) is 3.45. The number of carbonyl (C=O) groups is 1. The Kier molecular flexibility index (Phi) is 3.73. The largest absolute Gasteiger partial charge is 0.466 e. The third kappa shape index (κ3) is 2.53. The summed E-state index contributed by atoms with van der Waals surface area (Å²) in [7, 11) is 1.67. The number of rotatable bonds is 2. The molecule has 1 fully saturated rings. The van der Waals surface area contributed by atoms with Gasteiger partial charge in [-0.25, -0.2) is 4.98 Å². The van der Waals surface area contributed by atoms with E-state index in [0.717, 1.165) is 17.1 Å². The molecule has 0 aromatic carbocycles. The molecule has 8 heteroatoms. The normalized spacial score (nSPS) is 17.4. The van der Waals surface area contributed by atoms with Gasteiger partial charge >= 0.3 is 0 Å². The third-order valence-electron chi connectivity index (χ3n) is 4.84. The standard InChI is InChI=1S/C18H20N4O4/c1-10-6-13(11(2)26-10)15-9-22-8-14(19-16(22)18(25)20(15)3)17(24)21-5-4-12(23)7-21/h6,8-9,12,23H,4-5,7H2,1-3H3/t12-/m0/s1. The van der Waals surface area contributed by atoms with Crippen LogP contribution in [0.15, 0.2) is 27.7 Å². The number of carbonyl (C=O) groups excluding carboxylic acids is 1. The Bertz CT molecular complexity index is 1070. The molecule has 3 aromatic heterocycles. The molecule has 3 aromatic rings. The minimum Gasteiger partial charge on any atom is -0.466 e. The predicted molar refractivity (Wildman–Crippen MR) is 94.1 cm³/mol. The van der Waals surface area contributed by atoms with E-state index in [0.29, 0.717) is 25.2 Å². The first kappa shape index (κ1) is 16.6. The van der Waals surface area contributed by atoms with Crippen LogP contribution in [0, 0.1) is 13.8 Å². The summed E-state index contributed by atoms with van der Waals surface area (Å²) in [4.78, 5) is 31.1. The number of hydrogen-bond acceptors (Lipinski definition) is 5. The average Bonchev–Trinajstić information content (AvgIpc) is 3.29. The van der Waals surface area contributed by atoms with E-state index in [2.05, 4.69) is 4.98 Å². The topological polar surface area (TPSA) is 93.0 Å². The van der Waals surface area contributed by atoms with Crippen molar-refractivity contribution in [2.45, 2.75) is 26.4 Å². The van der Waals surface area contributed by atoms with Crippen molar-refractivity contribution in [2.75, 3.05) is 13.1 Å². The van der Waals surface area contributed by atoms with E-state index < -0.39 is 6.10 Å². The molecule has 1 N–H and O–H groups in total. The van der Waals surface area contributed by atoms with Gasteiger partial charge in [0, 0.05) is 38.1 Å². The second-order valence-corrected chi connectivity index (χ2v) is 6.76. The van der Waals surface area contributed by atoms with Gasteiger partial charge in [0.05, 0.1) is 11.8 Å². The Labute approximate surface area is 149 Å². The maximum absolute atomic E-state index is 12.7. The van der Waals surface area contributed by atoms with E-state index in [1.165, 1.54) is 4.57 Å². The second kappa shape index (κ2) is 5.84. The van der Waals surface area contributed by atoms with E-state index in [4.69, 9.17) is 4.42 Å². The molecule has 8 nitrogen and oxygen atoms in total. The quantitative estimate of drug-likeness (QED) is 0.743. The van der Waals surface area contributed by atoms with Crippen molar-refractivity contribution >= 4 is 11.6 Å². The SMILES string of the molecule is Cc1cc(-c2cn3cc(C(=O)N4CC[C@H](O)C4)nc3c(=O)n2C)c(C)o1. The smallest absolute Gasteiger partial charge is 0.294 e. The lowest BCUT2D eigenvalue weighted by atomic mass is 10.2. The molecule has 4 rings (SSSR count). The Morgan fingerprint density at radius 3 is 2.73 bits per heavy atom. The van der Waals surface area contributed by atoms with Crippen molar-refractivity contribution in [1.29, 1.82) is 0 Å². The first-order valence-corrected chi connectivity index (χ1v) is 8.48. The summed E-state index contributed by atoms with van der Waals surface area (Å²) in [5.41, 5.74) is 1.62. The Balaban J connectivity index is 1.81. The third-order valence-corrected chi connectivity index (χ3v) is 4.84. The zero-order chi connectivity index (χ0) is 18.6. The van der Waals surface area contributed by atoms with E-state index >= 15 is 0 Å². The maximum Gasteiger partial charge on any atom is 0.294 e. The number of imidazole rings is 1. The Morgan fingerprint density at radius 1 is 1.35 bits per heavy atom. The molecule has 0 aliphatic carbocycles. The van der Waals surface area contributed by atoms with Crippen molar-refractivity contribution < 1.29 is 14.3 Å². The van der Waals surface area contributed by atoms with E-state index in [9.17, 15) is 14.7 Å². The van der Waals surface area contributed by atoms with Crippen LogP contribution in [-0.4, -0.2) is 49.1 Å². The molecule has 136 valence electrons. The highest BCUT2D eigenvalue weighted by Crippen LogP contribution is 2.25. The van der Waals surface area contributed by atoms with E-state index in [-0.39, 0.29) is 22.8 Å². The molecule has 0 spiro atoms. The van der Waals surface area contributed by atoms with Crippen LogP contribution in [-0.2, 0) is 7.05 Å². The van der Waals surface area contributed by atoms with Crippen molar-refractivity contribution in [3.8, 4) is 11.3 Å². The molecule has 0 saturated carbocycles. The summed E-state index contributed by atoms with van der Waals surface area (Å²) in [5.74, 6) is 1.21. The highest BCUT2D eigenvalue weighted by molar-refractivity contribution is 5.93. The number of furan rings is 1. The van der Waals surface area contributed by atoms with Crippen molar-refractivity contribution in [3.05, 3.63) is 46.0 Å². The molecule has 0 unspecified atom stereocenters. The molecular weight excluding hydrogens is 336 g/mol. The van der Waals surface area contributed by atoms with Crippen LogP contribution in [0.4, 0.5) is 0 Å². The van der Waals surface area contributed by atoms with E-state index in [1.54, 1.807) is 28.7 Å². The fraction of sp³-hybridized carbons (Fsp3) is 0.389. The fourth-order valence-corrected chi connectivity index (χ4v) is 3.45. The van der Waals surface area contributed by atoms with Crippen LogP contribution in [0.2, 0.25) is 0 Å². The monoisotopic (exact) mass is 356 g/mol. The molecule has 0 radical (unpaired) electrons. The molecular formula is C18H20N4O4. The van der Waals surface area contributed by atoms with Crippen molar-refractivity contribution in [2.24, 2.45) is 7.05 Å². The Morgan fingerprint density at radius 2 is 2.12 bits per heavy atom. The van der Waals surface area contributed by atoms with Crippen LogP contribution in [0.25, 0.3) is 16.9 Å². The van der Waals surface area contributed by atoms with Crippen LogP contribution in [0.1, 0.15) is 28.4 Å². The van der Waals surface area contributed by atoms with Crippen molar-refractivity contribution in [3.63, 3.8) is 0 Å². The van der Waals surface area contributed by atoms with Gasteiger partial charge in [0.15, 0.2) is 0 Å². The molecule has 1 saturated heterocycles. The van der Waals surface area contributed by atoms with Gasteiger partial charge in [-0.1, -0.05) is 0 Å². The number of fused-ring (bicyclic) bond motifs is 1. The van der Waals surface area contributed by atoms with Gasteiger partial charge in [0.2, 0.25) is 5.65 Å². The van der Waals surface area contributed by atoms with Crippen LogP contribution >= 0.6 is 0 Å². The zero-order valence-corrected chi connectivity index (χ0v) is 14.9. The Hall–Kier alpha value is -2.87. The number of nitrogens with zero attached hydrogens (tertiary/aromatic N) is 4. The minimum absolute atomic E-state index is 0.192. The number of hydrogen-bond donors (Lipinski definition) is 1. The number of aliphatic hydroxyl groups excluding tert-OH is 1.